The number of rotatable bonds is 8. The van der Waals surface area contributed by atoms with E-state index in [1.165, 1.54) is 0 Å². The maximum absolute atomic E-state index is 13.9. The second kappa shape index (κ2) is 10.2. The van der Waals surface area contributed by atoms with Crippen molar-refractivity contribution in [2.45, 2.75) is 52.0 Å². The van der Waals surface area contributed by atoms with E-state index >= 15 is 0 Å². The zero-order valence-electron chi connectivity index (χ0n) is 20.9. The number of amides is 1. The number of hydrogen-bond donors (Lipinski definition) is 2. The van der Waals surface area contributed by atoms with Crippen LogP contribution >= 0.6 is 0 Å². The highest BCUT2D eigenvalue weighted by Crippen LogP contribution is 2.44. The van der Waals surface area contributed by atoms with Crippen LogP contribution in [0.3, 0.4) is 0 Å². The molecule has 0 spiro atoms. The van der Waals surface area contributed by atoms with Gasteiger partial charge in [-0.3, -0.25) is 9.59 Å². The average Bonchev–Trinajstić information content (AvgIpc) is 3.46. The quantitative estimate of drug-likeness (QED) is 0.590. The maximum Gasteiger partial charge on any atom is 0.308 e. The summed E-state index contributed by atoms with van der Waals surface area (Å²) in [6.45, 7) is 8.73. The van der Waals surface area contributed by atoms with E-state index in [1.54, 1.807) is 7.11 Å². The third-order valence-electron chi connectivity index (χ3n) is 6.82. The number of fused-ring (bicyclic) bond motifs is 1. The van der Waals surface area contributed by atoms with Crippen molar-refractivity contribution < 1.29 is 28.9 Å². The van der Waals surface area contributed by atoms with E-state index in [0.717, 1.165) is 16.9 Å². The fourth-order valence-electron chi connectivity index (χ4n) is 5.22. The Kier molecular flexibility index (Phi) is 7.21. The smallest absolute Gasteiger partial charge is 0.308 e. The molecule has 2 aromatic rings. The molecule has 0 bridgehead atoms. The molecular formula is C27H34N2O6. The molecule has 4 atom stereocenters. The highest BCUT2D eigenvalue weighted by atomic mass is 16.7. The van der Waals surface area contributed by atoms with Gasteiger partial charge in [0.15, 0.2) is 11.5 Å². The Morgan fingerprint density at radius 2 is 1.66 bits per heavy atom. The van der Waals surface area contributed by atoms with Gasteiger partial charge in [0.25, 0.3) is 6.29 Å². The minimum atomic E-state index is -0.890. The summed E-state index contributed by atoms with van der Waals surface area (Å²) >= 11 is 0. The van der Waals surface area contributed by atoms with Gasteiger partial charge < -0.3 is 29.5 Å². The lowest BCUT2D eigenvalue weighted by Gasteiger charge is -2.36. The second-order valence-electron chi connectivity index (χ2n) is 9.72. The normalized spacial score (nSPS) is 21.9. The number of hydrogen-bond acceptors (Lipinski definition) is 6. The SMILES string of the molecule is COc1ccc(C2Oc3ccc(C(C(=O)N(C(C)C)C(C)C)[C@H]4CNC[C@@H]4C(=O)O)cc3O2)cc1. The summed E-state index contributed by atoms with van der Waals surface area (Å²) in [5, 5.41) is 13.0. The topological polar surface area (TPSA) is 97.3 Å². The Labute approximate surface area is 206 Å². The Bertz CT molecular complexity index is 1060. The summed E-state index contributed by atoms with van der Waals surface area (Å²) in [5.74, 6) is -0.736. The average molecular weight is 483 g/mol. The molecule has 8 heteroatoms. The molecule has 2 heterocycles. The highest BCUT2D eigenvalue weighted by Gasteiger charge is 2.44. The number of nitrogens with one attached hydrogen (secondary N) is 1. The van der Waals surface area contributed by atoms with Crippen molar-refractivity contribution in [3.63, 3.8) is 0 Å². The van der Waals surface area contributed by atoms with Gasteiger partial charge in [0.05, 0.1) is 18.9 Å². The summed E-state index contributed by atoms with van der Waals surface area (Å²) in [6, 6.07) is 12.9. The lowest BCUT2D eigenvalue weighted by atomic mass is 9.78. The van der Waals surface area contributed by atoms with E-state index in [2.05, 4.69) is 5.32 Å². The van der Waals surface area contributed by atoms with Gasteiger partial charge in [-0.25, -0.2) is 0 Å². The van der Waals surface area contributed by atoms with Gasteiger partial charge in [0.2, 0.25) is 5.91 Å². The van der Waals surface area contributed by atoms with Crippen LogP contribution in [-0.2, 0) is 9.59 Å². The molecule has 0 saturated carbocycles. The van der Waals surface area contributed by atoms with Gasteiger partial charge >= 0.3 is 5.97 Å². The molecule has 4 rings (SSSR count). The van der Waals surface area contributed by atoms with Crippen molar-refractivity contribution in [2.24, 2.45) is 11.8 Å². The summed E-state index contributed by atoms with van der Waals surface area (Å²) in [5.41, 5.74) is 1.58. The number of benzene rings is 2. The first-order chi connectivity index (χ1) is 16.7. The molecule has 35 heavy (non-hydrogen) atoms. The molecule has 2 aromatic carbocycles. The lowest BCUT2D eigenvalue weighted by Crippen LogP contribution is -2.47. The van der Waals surface area contributed by atoms with Gasteiger partial charge in [0.1, 0.15) is 5.75 Å². The molecule has 1 fully saturated rings. The molecule has 0 aromatic heterocycles. The van der Waals surface area contributed by atoms with Crippen molar-refractivity contribution >= 4 is 11.9 Å². The van der Waals surface area contributed by atoms with Gasteiger partial charge in [-0.2, -0.15) is 0 Å². The van der Waals surface area contributed by atoms with Crippen molar-refractivity contribution in [1.29, 1.82) is 0 Å². The summed E-state index contributed by atoms with van der Waals surface area (Å²) in [4.78, 5) is 27.8. The zero-order valence-corrected chi connectivity index (χ0v) is 20.9. The number of ether oxygens (including phenoxy) is 3. The Morgan fingerprint density at radius 3 is 2.26 bits per heavy atom. The molecule has 0 aliphatic carbocycles. The van der Waals surface area contributed by atoms with Crippen LogP contribution in [-0.4, -0.2) is 54.2 Å². The molecule has 2 unspecified atom stereocenters. The first kappa shape index (κ1) is 24.9. The molecule has 2 aliphatic heterocycles. The van der Waals surface area contributed by atoms with Crippen molar-refractivity contribution in [2.75, 3.05) is 20.2 Å². The molecule has 2 N–H and O–H groups in total. The Hall–Kier alpha value is -3.26. The van der Waals surface area contributed by atoms with Crippen molar-refractivity contribution in [3.8, 4) is 17.2 Å². The van der Waals surface area contributed by atoms with Crippen LogP contribution in [0.1, 0.15) is 51.0 Å². The summed E-state index contributed by atoms with van der Waals surface area (Å²) in [6.07, 6.45) is -0.608. The van der Waals surface area contributed by atoms with Crippen LogP contribution in [0.5, 0.6) is 17.2 Å². The highest BCUT2D eigenvalue weighted by molar-refractivity contribution is 5.86. The fraction of sp³-hybridized carbons (Fsp3) is 0.481. The Balaban J connectivity index is 1.67. The van der Waals surface area contributed by atoms with E-state index in [4.69, 9.17) is 14.2 Å². The second-order valence-corrected chi connectivity index (χ2v) is 9.72. The number of methoxy groups -OCH3 is 1. The number of carboxylic acids is 1. The molecule has 188 valence electrons. The number of nitrogens with zero attached hydrogens (tertiary/aromatic N) is 1. The molecule has 1 saturated heterocycles. The first-order valence-electron chi connectivity index (χ1n) is 12.1. The fourth-order valence-corrected chi connectivity index (χ4v) is 5.22. The number of carbonyl (C=O) groups is 2. The van der Waals surface area contributed by atoms with E-state index in [1.807, 2.05) is 75.1 Å². The maximum atomic E-state index is 13.9. The standard InChI is InChI=1S/C27H34N2O6/c1-15(2)29(16(3)4)25(30)24(20-13-28-14-21(20)26(31)32)18-8-11-22-23(12-18)35-27(34-22)17-6-9-19(33-5)10-7-17/h6-12,15-16,20-21,24,27-28H,13-14H2,1-5H3,(H,31,32)/t20-,21-,24?,27?/m0/s1. The minimum Gasteiger partial charge on any atom is -0.497 e. The lowest BCUT2D eigenvalue weighted by molar-refractivity contribution is -0.144. The van der Waals surface area contributed by atoms with Gasteiger partial charge in [-0.05, 0) is 76.2 Å². The third-order valence-corrected chi connectivity index (χ3v) is 6.82. The first-order valence-corrected chi connectivity index (χ1v) is 12.1. The van der Waals surface area contributed by atoms with Gasteiger partial charge in [-0.1, -0.05) is 6.07 Å². The molecule has 8 nitrogen and oxygen atoms in total. The Morgan fingerprint density at radius 1 is 1.00 bits per heavy atom. The van der Waals surface area contributed by atoms with E-state index < -0.39 is 24.1 Å². The molecule has 0 radical (unpaired) electrons. The van der Waals surface area contributed by atoms with Crippen molar-refractivity contribution in [1.82, 2.24) is 10.2 Å². The number of carbonyl (C=O) groups excluding carboxylic acids is 1. The monoisotopic (exact) mass is 482 g/mol. The van der Waals surface area contributed by atoms with Gasteiger partial charge in [0, 0.05) is 30.1 Å². The molecule has 2 aliphatic rings. The largest absolute Gasteiger partial charge is 0.497 e. The van der Waals surface area contributed by atoms with E-state index in [0.29, 0.717) is 24.6 Å². The van der Waals surface area contributed by atoms with Gasteiger partial charge in [-0.15, -0.1) is 0 Å². The summed E-state index contributed by atoms with van der Waals surface area (Å²) < 4.78 is 17.3. The molecular weight excluding hydrogens is 448 g/mol. The van der Waals surface area contributed by atoms with E-state index in [-0.39, 0.29) is 23.9 Å². The summed E-state index contributed by atoms with van der Waals surface area (Å²) in [7, 11) is 1.61. The van der Waals surface area contributed by atoms with Crippen LogP contribution in [0.4, 0.5) is 0 Å². The van der Waals surface area contributed by atoms with Crippen LogP contribution in [0.25, 0.3) is 0 Å². The third kappa shape index (κ3) is 4.93. The zero-order chi connectivity index (χ0) is 25.3. The van der Waals surface area contributed by atoms with Crippen molar-refractivity contribution in [3.05, 3.63) is 53.6 Å². The van der Waals surface area contributed by atoms with Crippen LogP contribution in [0, 0.1) is 11.8 Å². The minimum absolute atomic E-state index is 0.0175. The van der Waals surface area contributed by atoms with Crippen LogP contribution in [0.2, 0.25) is 0 Å². The number of carboxylic acid groups (broad SMARTS) is 1. The predicted molar refractivity (Wildman–Crippen MR) is 131 cm³/mol. The molecule has 1 amide bonds. The number of aliphatic carboxylic acids is 1. The predicted octanol–water partition coefficient (Wildman–Crippen LogP) is 3.81. The van der Waals surface area contributed by atoms with E-state index in [9.17, 15) is 14.7 Å². The van der Waals surface area contributed by atoms with Crippen LogP contribution < -0.4 is 19.5 Å². The van der Waals surface area contributed by atoms with Crippen LogP contribution in [0.15, 0.2) is 42.5 Å².